The molecule has 1 N–H and O–H groups in total. The third-order valence-corrected chi connectivity index (χ3v) is 5.96. The first kappa shape index (κ1) is 23.0. The number of piperazine rings is 1. The first-order chi connectivity index (χ1) is 16.2. The second kappa shape index (κ2) is 11.1. The Morgan fingerprint density at radius 3 is 2.00 bits per heavy atom. The monoisotopic (exact) mass is 448 g/mol. The summed E-state index contributed by atoms with van der Waals surface area (Å²) < 4.78 is 22.8. The molecule has 174 valence electrons. The Labute approximate surface area is 196 Å². The molecule has 1 heterocycles. The van der Waals surface area contributed by atoms with E-state index in [-0.39, 0.29) is 6.04 Å². The van der Waals surface area contributed by atoms with Crippen LogP contribution in [0.4, 0.5) is 0 Å². The molecule has 3 aromatic rings. The zero-order valence-electron chi connectivity index (χ0n) is 19.5. The Morgan fingerprint density at radius 1 is 0.788 bits per heavy atom. The van der Waals surface area contributed by atoms with Gasteiger partial charge in [-0.15, -0.1) is 0 Å². The zero-order valence-corrected chi connectivity index (χ0v) is 19.5. The van der Waals surface area contributed by atoms with E-state index in [1.165, 1.54) is 5.56 Å². The summed E-state index contributed by atoms with van der Waals surface area (Å²) in [6, 6.07) is 22.7. The van der Waals surface area contributed by atoms with Gasteiger partial charge in [0.2, 0.25) is 5.75 Å². The maximum Gasteiger partial charge on any atom is 0.203 e. The average Bonchev–Trinajstić information content (AvgIpc) is 2.89. The number of rotatable bonds is 9. The summed E-state index contributed by atoms with van der Waals surface area (Å²) in [6.07, 6.45) is 0. The lowest BCUT2D eigenvalue weighted by Crippen LogP contribution is -2.45. The van der Waals surface area contributed by atoms with Gasteiger partial charge in [-0.2, -0.15) is 0 Å². The normalized spacial score (nSPS) is 15.0. The van der Waals surface area contributed by atoms with E-state index in [0.29, 0.717) is 23.9 Å². The van der Waals surface area contributed by atoms with Crippen molar-refractivity contribution in [3.05, 3.63) is 83.4 Å². The van der Waals surface area contributed by atoms with Crippen molar-refractivity contribution in [2.24, 2.45) is 0 Å². The van der Waals surface area contributed by atoms with Gasteiger partial charge in [-0.3, -0.25) is 4.90 Å². The lowest BCUT2D eigenvalue weighted by molar-refractivity contribution is 0.197. The van der Waals surface area contributed by atoms with E-state index >= 15 is 0 Å². The zero-order chi connectivity index (χ0) is 23.0. The summed E-state index contributed by atoms with van der Waals surface area (Å²) in [6.45, 7) is 4.37. The van der Waals surface area contributed by atoms with Crippen LogP contribution in [0.1, 0.15) is 22.7 Å². The Hall–Kier alpha value is -3.22. The molecule has 0 bridgehead atoms. The summed E-state index contributed by atoms with van der Waals surface area (Å²) in [5.41, 5.74) is 3.44. The number of methoxy groups -OCH3 is 3. The van der Waals surface area contributed by atoms with Crippen molar-refractivity contribution in [1.82, 2.24) is 10.2 Å². The van der Waals surface area contributed by atoms with Gasteiger partial charge in [-0.05, 0) is 41.0 Å². The molecule has 0 aromatic heterocycles. The average molecular weight is 449 g/mol. The maximum atomic E-state index is 6.00. The quantitative estimate of drug-likeness (QED) is 0.527. The molecule has 0 aliphatic carbocycles. The highest BCUT2D eigenvalue weighted by molar-refractivity contribution is 5.55. The summed E-state index contributed by atoms with van der Waals surface area (Å²) >= 11 is 0. The number of nitrogens with zero attached hydrogens (tertiary/aromatic N) is 1. The molecule has 1 fully saturated rings. The van der Waals surface area contributed by atoms with Crippen LogP contribution in [-0.4, -0.2) is 52.4 Å². The van der Waals surface area contributed by atoms with Gasteiger partial charge >= 0.3 is 0 Å². The summed E-state index contributed by atoms with van der Waals surface area (Å²) in [5, 5.41) is 3.45. The lowest BCUT2D eigenvalue weighted by atomic mass is 9.95. The standard InChI is InChI=1S/C27H32N2O4/c1-30-24-17-22(18-25(31-2)27(24)32-3)26(29-15-13-28-14-16-29)21-9-11-23(12-10-21)33-19-20-7-5-4-6-8-20/h4-12,17-18,26,28H,13-16,19H2,1-3H3. The summed E-state index contributed by atoms with van der Waals surface area (Å²) in [5.74, 6) is 2.78. The van der Waals surface area contributed by atoms with E-state index in [0.717, 1.165) is 43.1 Å². The van der Waals surface area contributed by atoms with E-state index in [4.69, 9.17) is 18.9 Å². The minimum atomic E-state index is 0.0592. The van der Waals surface area contributed by atoms with Gasteiger partial charge < -0.3 is 24.3 Å². The maximum absolute atomic E-state index is 6.00. The number of ether oxygens (including phenoxy) is 4. The fourth-order valence-electron chi connectivity index (χ4n) is 4.30. The molecule has 0 radical (unpaired) electrons. The molecular weight excluding hydrogens is 416 g/mol. The fraction of sp³-hybridized carbons (Fsp3) is 0.333. The molecule has 1 unspecified atom stereocenters. The number of benzene rings is 3. The molecule has 1 atom stereocenters. The molecule has 1 aliphatic heterocycles. The third kappa shape index (κ3) is 5.41. The van der Waals surface area contributed by atoms with Crippen molar-refractivity contribution in [3.63, 3.8) is 0 Å². The van der Waals surface area contributed by atoms with Crippen molar-refractivity contribution in [2.75, 3.05) is 47.5 Å². The fourth-order valence-corrected chi connectivity index (χ4v) is 4.30. The van der Waals surface area contributed by atoms with E-state index in [9.17, 15) is 0 Å². The number of nitrogens with one attached hydrogen (secondary N) is 1. The molecular formula is C27H32N2O4. The van der Waals surface area contributed by atoms with Gasteiger partial charge in [0.25, 0.3) is 0 Å². The summed E-state index contributed by atoms with van der Waals surface area (Å²) in [7, 11) is 4.93. The molecule has 0 spiro atoms. The predicted molar refractivity (Wildman–Crippen MR) is 130 cm³/mol. The van der Waals surface area contributed by atoms with Gasteiger partial charge in [0, 0.05) is 26.2 Å². The van der Waals surface area contributed by atoms with E-state index in [1.54, 1.807) is 21.3 Å². The van der Waals surface area contributed by atoms with Gasteiger partial charge in [-0.25, -0.2) is 0 Å². The highest BCUT2D eigenvalue weighted by atomic mass is 16.5. The Kier molecular flexibility index (Phi) is 7.70. The van der Waals surface area contributed by atoms with Gasteiger partial charge in [0.15, 0.2) is 11.5 Å². The van der Waals surface area contributed by atoms with Crippen molar-refractivity contribution in [2.45, 2.75) is 12.6 Å². The van der Waals surface area contributed by atoms with Crippen LogP contribution in [-0.2, 0) is 6.61 Å². The number of hydrogen-bond acceptors (Lipinski definition) is 6. The smallest absolute Gasteiger partial charge is 0.203 e. The van der Waals surface area contributed by atoms with Crippen LogP contribution >= 0.6 is 0 Å². The third-order valence-electron chi connectivity index (χ3n) is 5.96. The van der Waals surface area contributed by atoms with Crippen LogP contribution < -0.4 is 24.3 Å². The Bertz CT molecular complexity index is 993. The van der Waals surface area contributed by atoms with Crippen LogP contribution in [0.2, 0.25) is 0 Å². The van der Waals surface area contributed by atoms with Crippen LogP contribution in [0.25, 0.3) is 0 Å². The van der Waals surface area contributed by atoms with Crippen molar-refractivity contribution in [3.8, 4) is 23.0 Å². The van der Waals surface area contributed by atoms with Gasteiger partial charge in [-0.1, -0.05) is 42.5 Å². The number of hydrogen-bond donors (Lipinski definition) is 1. The van der Waals surface area contributed by atoms with Crippen molar-refractivity contribution < 1.29 is 18.9 Å². The van der Waals surface area contributed by atoms with Crippen molar-refractivity contribution in [1.29, 1.82) is 0 Å². The van der Waals surface area contributed by atoms with Crippen LogP contribution in [0, 0.1) is 0 Å². The molecule has 6 heteroatoms. The second-order valence-corrected chi connectivity index (χ2v) is 7.99. The summed E-state index contributed by atoms with van der Waals surface area (Å²) in [4.78, 5) is 2.48. The Morgan fingerprint density at radius 2 is 1.42 bits per heavy atom. The van der Waals surface area contributed by atoms with Crippen LogP contribution in [0.3, 0.4) is 0 Å². The first-order valence-electron chi connectivity index (χ1n) is 11.2. The highest BCUT2D eigenvalue weighted by Crippen LogP contribution is 2.42. The molecule has 1 saturated heterocycles. The minimum Gasteiger partial charge on any atom is -0.493 e. The molecule has 0 saturated carbocycles. The predicted octanol–water partition coefficient (Wildman–Crippen LogP) is 4.29. The SMILES string of the molecule is COc1cc(C(c2ccc(OCc3ccccc3)cc2)N2CCNCC2)cc(OC)c1OC. The largest absolute Gasteiger partial charge is 0.493 e. The lowest BCUT2D eigenvalue weighted by Gasteiger charge is -2.36. The van der Waals surface area contributed by atoms with Crippen molar-refractivity contribution >= 4 is 0 Å². The van der Waals surface area contributed by atoms with Gasteiger partial charge in [0.1, 0.15) is 12.4 Å². The minimum absolute atomic E-state index is 0.0592. The molecule has 6 nitrogen and oxygen atoms in total. The molecule has 33 heavy (non-hydrogen) atoms. The van der Waals surface area contributed by atoms with Crippen LogP contribution in [0.15, 0.2) is 66.7 Å². The highest BCUT2D eigenvalue weighted by Gasteiger charge is 2.26. The molecule has 1 aliphatic rings. The van der Waals surface area contributed by atoms with Gasteiger partial charge in [0.05, 0.1) is 27.4 Å². The van der Waals surface area contributed by atoms with E-state index in [2.05, 4.69) is 34.5 Å². The second-order valence-electron chi connectivity index (χ2n) is 7.99. The van der Waals surface area contributed by atoms with Crippen LogP contribution in [0.5, 0.6) is 23.0 Å². The first-order valence-corrected chi connectivity index (χ1v) is 11.2. The van der Waals surface area contributed by atoms with E-state index < -0.39 is 0 Å². The van der Waals surface area contributed by atoms with E-state index in [1.807, 2.05) is 42.5 Å². The topological polar surface area (TPSA) is 52.2 Å². The Balaban J connectivity index is 1.64. The molecule has 3 aromatic carbocycles. The molecule has 4 rings (SSSR count). The molecule has 0 amide bonds.